The number of halogens is 2. The Kier molecular flexibility index (Phi) is 4.02. The molecule has 2 aromatic rings. The average molecular weight is 277 g/mol. The number of hydrogen-bond acceptors (Lipinski definition) is 3. The Labute approximate surface area is 115 Å². The molecule has 0 aliphatic heterocycles. The van der Waals surface area contributed by atoms with E-state index in [-0.39, 0.29) is 11.6 Å². The molecule has 0 N–H and O–H groups in total. The van der Waals surface area contributed by atoms with Crippen molar-refractivity contribution in [2.75, 3.05) is 7.05 Å². The van der Waals surface area contributed by atoms with Crippen LogP contribution >= 0.6 is 0 Å². The molecule has 0 aliphatic rings. The number of carbonyl (C=O) groups is 1. The summed E-state index contributed by atoms with van der Waals surface area (Å²) < 4.78 is 26.6. The van der Waals surface area contributed by atoms with Crippen molar-refractivity contribution in [2.24, 2.45) is 0 Å². The number of carbonyl (C=O) groups excluding carboxylic acids is 1. The van der Waals surface area contributed by atoms with Crippen molar-refractivity contribution in [1.29, 1.82) is 0 Å². The Morgan fingerprint density at radius 2 is 1.85 bits per heavy atom. The Morgan fingerprint density at radius 1 is 1.20 bits per heavy atom. The molecule has 0 saturated heterocycles. The highest BCUT2D eigenvalue weighted by Crippen LogP contribution is 2.21. The lowest BCUT2D eigenvalue weighted by Crippen LogP contribution is -2.30. The lowest BCUT2D eigenvalue weighted by Gasteiger charge is -2.25. The van der Waals surface area contributed by atoms with E-state index in [0.29, 0.717) is 0 Å². The molecule has 0 aliphatic carbocycles. The molecule has 4 nitrogen and oxygen atoms in total. The minimum Gasteiger partial charge on any atom is -0.335 e. The molecule has 1 atom stereocenters. The minimum atomic E-state index is -1.28. The van der Waals surface area contributed by atoms with Gasteiger partial charge in [0, 0.05) is 25.6 Å². The summed E-state index contributed by atoms with van der Waals surface area (Å²) in [7, 11) is 1.53. The fourth-order valence-electron chi connectivity index (χ4n) is 1.81. The number of hydrogen-bond donors (Lipinski definition) is 0. The zero-order chi connectivity index (χ0) is 14.7. The number of amides is 1. The summed E-state index contributed by atoms with van der Waals surface area (Å²) in [6, 6.07) is 4.40. The maximum atomic E-state index is 13.6. The van der Waals surface area contributed by atoms with Gasteiger partial charge in [-0.3, -0.25) is 9.78 Å². The van der Waals surface area contributed by atoms with Crippen LogP contribution in [0.15, 0.2) is 36.8 Å². The van der Waals surface area contributed by atoms with E-state index in [1.54, 1.807) is 31.5 Å². The Bertz CT molecular complexity index is 619. The van der Waals surface area contributed by atoms with E-state index in [9.17, 15) is 13.6 Å². The second-order valence-corrected chi connectivity index (χ2v) is 4.34. The molecule has 2 aromatic heterocycles. The van der Waals surface area contributed by atoms with Gasteiger partial charge in [0.2, 0.25) is 5.95 Å². The van der Waals surface area contributed by atoms with Crippen LogP contribution in [0.1, 0.15) is 28.9 Å². The SMILES string of the molecule is CC(c1ccncc1)N(C)C(=O)c1ccnc(F)c1F. The molecular formula is C14H13F2N3O. The molecule has 1 amide bonds. The minimum absolute atomic E-state index is 0.291. The standard InChI is InChI=1S/C14H13F2N3O/c1-9(10-3-6-17-7-4-10)19(2)14(20)11-5-8-18-13(16)12(11)15/h3-9H,1-2H3. The van der Waals surface area contributed by atoms with E-state index in [1.807, 2.05) is 0 Å². The molecule has 2 heterocycles. The van der Waals surface area contributed by atoms with Crippen molar-refractivity contribution in [1.82, 2.24) is 14.9 Å². The first-order valence-corrected chi connectivity index (χ1v) is 5.99. The van der Waals surface area contributed by atoms with Crippen LogP contribution in [0.2, 0.25) is 0 Å². The highest BCUT2D eigenvalue weighted by molar-refractivity contribution is 5.94. The van der Waals surface area contributed by atoms with Crippen LogP contribution in [0, 0.1) is 11.8 Å². The van der Waals surface area contributed by atoms with Crippen molar-refractivity contribution in [3.63, 3.8) is 0 Å². The normalized spacial score (nSPS) is 12.0. The van der Waals surface area contributed by atoms with E-state index >= 15 is 0 Å². The van der Waals surface area contributed by atoms with E-state index in [4.69, 9.17) is 0 Å². The van der Waals surface area contributed by atoms with Crippen molar-refractivity contribution in [3.8, 4) is 0 Å². The number of pyridine rings is 2. The van der Waals surface area contributed by atoms with Gasteiger partial charge in [0.05, 0.1) is 11.6 Å². The van der Waals surface area contributed by atoms with Crippen molar-refractivity contribution >= 4 is 5.91 Å². The third kappa shape index (κ3) is 2.64. The van der Waals surface area contributed by atoms with Crippen LogP contribution in [0.3, 0.4) is 0 Å². The number of aromatic nitrogens is 2. The van der Waals surface area contributed by atoms with Gasteiger partial charge in [-0.1, -0.05) is 0 Å². The first kappa shape index (κ1) is 14.0. The van der Waals surface area contributed by atoms with E-state index < -0.39 is 17.7 Å². The first-order valence-electron chi connectivity index (χ1n) is 5.99. The van der Waals surface area contributed by atoms with Crippen LogP contribution < -0.4 is 0 Å². The van der Waals surface area contributed by atoms with Gasteiger partial charge < -0.3 is 4.90 Å². The fraction of sp³-hybridized carbons (Fsp3) is 0.214. The lowest BCUT2D eigenvalue weighted by molar-refractivity contribution is 0.0736. The third-order valence-corrected chi connectivity index (χ3v) is 3.17. The molecule has 0 radical (unpaired) electrons. The molecule has 0 aromatic carbocycles. The topological polar surface area (TPSA) is 46.1 Å². The van der Waals surface area contributed by atoms with Gasteiger partial charge in [0.25, 0.3) is 5.91 Å². The molecule has 0 bridgehead atoms. The number of rotatable bonds is 3. The highest BCUT2D eigenvalue weighted by Gasteiger charge is 2.23. The molecule has 6 heteroatoms. The van der Waals surface area contributed by atoms with Crippen LogP contribution in [0.4, 0.5) is 8.78 Å². The van der Waals surface area contributed by atoms with Crippen molar-refractivity contribution < 1.29 is 13.6 Å². The molecule has 20 heavy (non-hydrogen) atoms. The molecule has 104 valence electrons. The molecule has 0 spiro atoms. The van der Waals surface area contributed by atoms with E-state index in [1.165, 1.54) is 11.9 Å². The largest absolute Gasteiger partial charge is 0.335 e. The van der Waals surface area contributed by atoms with Crippen LogP contribution in [0.5, 0.6) is 0 Å². The summed E-state index contributed by atoms with van der Waals surface area (Å²) in [6.45, 7) is 1.79. The fourth-order valence-corrected chi connectivity index (χ4v) is 1.81. The second-order valence-electron chi connectivity index (χ2n) is 4.34. The summed E-state index contributed by atoms with van der Waals surface area (Å²) in [5.41, 5.74) is 0.520. The first-order chi connectivity index (χ1) is 9.52. The molecule has 2 rings (SSSR count). The molecule has 0 fully saturated rings. The quantitative estimate of drug-likeness (QED) is 0.810. The highest BCUT2D eigenvalue weighted by atomic mass is 19.2. The van der Waals surface area contributed by atoms with Gasteiger partial charge in [-0.15, -0.1) is 0 Å². The van der Waals surface area contributed by atoms with Crippen molar-refractivity contribution in [3.05, 3.63) is 59.7 Å². The maximum absolute atomic E-state index is 13.6. The summed E-state index contributed by atoms with van der Waals surface area (Å²) in [5, 5.41) is 0. The molecule has 1 unspecified atom stereocenters. The Hall–Kier alpha value is -2.37. The molecular weight excluding hydrogens is 264 g/mol. The lowest BCUT2D eigenvalue weighted by atomic mass is 10.1. The van der Waals surface area contributed by atoms with Gasteiger partial charge in [-0.2, -0.15) is 4.39 Å². The third-order valence-electron chi connectivity index (χ3n) is 3.17. The van der Waals surface area contributed by atoms with Gasteiger partial charge in [0.15, 0.2) is 5.82 Å². The zero-order valence-corrected chi connectivity index (χ0v) is 11.0. The van der Waals surface area contributed by atoms with E-state index in [0.717, 1.165) is 17.8 Å². The maximum Gasteiger partial charge on any atom is 0.257 e. The van der Waals surface area contributed by atoms with Crippen LogP contribution in [-0.4, -0.2) is 27.8 Å². The van der Waals surface area contributed by atoms with Crippen LogP contribution in [-0.2, 0) is 0 Å². The van der Waals surface area contributed by atoms with Gasteiger partial charge in [-0.25, -0.2) is 9.37 Å². The van der Waals surface area contributed by atoms with E-state index in [2.05, 4.69) is 9.97 Å². The second kappa shape index (κ2) is 5.73. The summed E-state index contributed by atoms with van der Waals surface area (Å²) in [4.78, 5) is 20.6. The summed E-state index contributed by atoms with van der Waals surface area (Å²) in [6.07, 6.45) is 4.28. The zero-order valence-electron chi connectivity index (χ0n) is 11.0. The van der Waals surface area contributed by atoms with Gasteiger partial charge in [0.1, 0.15) is 0 Å². The summed E-state index contributed by atoms with van der Waals surface area (Å²) >= 11 is 0. The Balaban J connectivity index is 2.27. The predicted octanol–water partition coefficient (Wildman–Crippen LogP) is 2.59. The summed E-state index contributed by atoms with van der Waals surface area (Å²) in [5.74, 6) is -3.11. The van der Waals surface area contributed by atoms with Crippen LogP contribution in [0.25, 0.3) is 0 Å². The number of nitrogens with zero attached hydrogens (tertiary/aromatic N) is 3. The predicted molar refractivity (Wildman–Crippen MR) is 68.9 cm³/mol. The van der Waals surface area contributed by atoms with Gasteiger partial charge >= 0.3 is 0 Å². The Morgan fingerprint density at radius 3 is 2.50 bits per heavy atom. The monoisotopic (exact) mass is 277 g/mol. The average Bonchev–Trinajstić information content (AvgIpc) is 2.48. The van der Waals surface area contributed by atoms with Gasteiger partial charge in [-0.05, 0) is 30.7 Å². The molecule has 0 saturated carbocycles. The van der Waals surface area contributed by atoms with Crippen molar-refractivity contribution in [2.45, 2.75) is 13.0 Å². The smallest absolute Gasteiger partial charge is 0.257 e.